The highest BCUT2D eigenvalue weighted by atomic mass is 35.5. The zero-order valence-electron chi connectivity index (χ0n) is 16.4. The molecule has 3 rings (SSSR count). The van der Waals surface area contributed by atoms with Crippen LogP contribution in [0.2, 0.25) is 10.0 Å². The molecule has 29 heavy (non-hydrogen) atoms. The molecule has 0 radical (unpaired) electrons. The molecule has 0 spiro atoms. The van der Waals surface area contributed by atoms with Gasteiger partial charge in [-0.05, 0) is 49.1 Å². The Hall–Kier alpha value is -2.08. The van der Waals surface area contributed by atoms with E-state index in [4.69, 9.17) is 23.2 Å². The van der Waals surface area contributed by atoms with E-state index in [1.165, 1.54) is 17.2 Å². The number of piperidine rings is 1. The minimum absolute atomic E-state index is 0.0670. The summed E-state index contributed by atoms with van der Waals surface area (Å²) in [6.45, 7) is 4.88. The molecule has 2 N–H and O–H groups in total. The van der Waals surface area contributed by atoms with E-state index in [0.29, 0.717) is 15.6 Å². The Kier molecular flexibility index (Phi) is 7.53. The van der Waals surface area contributed by atoms with Gasteiger partial charge in [0, 0.05) is 31.2 Å². The van der Waals surface area contributed by atoms with Crippen LogP contribution < -0.4 is 10.6 Å². The second-order valence-corrected chi connectivity index (χ2v) is 8.17. The van der Waals surface area contributed by atoms with Gasteiger partial charge in [0.15, 0.2) is 0 Å². The number of halogens is 2. The fourth-order valence-electron chi connectivity index (χ4n) is 3.44. The van der Waals surface area contributed by atoms with Gasteiger partial charge in [0.05, 0.1) is 16.6 Å². The summed E-state index contributed by atoms with van der Waals surface area (Å²) in [6, 6.07) is 13.2. The average molecular weight is 434 g/mol. The number of rotatable bonds is 6. The van der Waals surface area contributed by atoms with E-state index in [2.05, 4.69) is 46.7 Å². The van der Waals surface area contributed by atoms with Crippen molar-refractivity contribution in [3.8, 4) is 0 Å². The van der Waals surface area contributed by atoms with Crippen LogP contribution in [0.4, 0.5) is 0 Å². The monoisotopic (exact) mass is 433 g/mol. The van der Waals surface area contributed by atoms with E-state index in [0.717, 1.165) is 32.5 Å². The van der Waals surface area contributed by atoms with Crippen LogP contribution in [0.1, 0.15) is 34.3 Å². The molecule has 0 saturated carbocycles. The molecule has 2 amide bonds. The lowest BCUT2D eigenvalue weighted by molar-refractivity contribution is -0.121. The van der Waals surface area contributed by atoms with Crippen LogP contribution in [0.15, 0.2) is 42.5 Å². The van der Waals surface area contributed by atoms with Crippen molar-refractivity contribution in [1.29, 1.82) is 0 Å². The van der Waals surface area contributed by atoms with E-state index in [1.807, 2.05) is 0 Å². The van der Waals surface area contributed by atoms with Crippen molar-refractivity contribution in [1.82, 2.24) is 15.5 Å². The Morgan fingerprint density at radius 3 is 2.48 bits per heavy atom. The third-order valence-corrected chi connectivity index (χ3v) is 5.94. The second-order valence-electron chi connectivity index (χ2n) is 7.36. The van der Waals surface area contributed by atoms with Gasteiger partial charge in [-0.2, -0.15) is 0 Å². The first-order chi connectivity index (χ1) is 13.9. The molecule has 5 nitrogen and oxygen atoms in total. The number of likely N-dealkylation sites (tertiary alicyclic amines) is 1. The van der Waals surface area contributed by atoms with Crippen LogP contribution in [-0.2, 0) is 11.3 Å². The Morgan fingerprint density at radius 1 is 1.07 bits per heavy atom. The number of nitrogens with zero attached hydrogens (tertiary/aromatic N) is 1. The van der Waals surface area contributed by atoms with Crippen LogP contribution >= 0.6 is 23.2 Å². The van der Waals surface area contributed by atoms with Gasteiger partial charge in [0.2, 0.25) is 5.91 Å². The van der Waals surface area contributed by atoms with Crippen molar-refractivity contribution in [2.24, 2.45) is 0 Å². The maximum atomic E-state index is 12.2. The highest BCUT2D eigenvalue weighted by Gasteiger charge is 2.21. The SMILES string of the molecule is Cc1ccccc1CN1CCC(NC(=O)CNC(=O)c2ccc(Cl)c(Cl)c2)CC1. The number of hydrogen-bond acceptors (Lipinski definition) is 3. The normalized spacial score (nSPS) is 15.1. The summed E-state index contributed by atoms with van der Waals surface area (Å²) in [6.07, 6.45) is 1.80. The molecule has 7 heteroatoms. The molecular weight excluding hydrogens is 409 g/mol. The van der Waals surface area contributed by atoms with Crippen molar-refractivity contribution in [3.63, 3.8) is 0 Å². The first-order valence-corrected chi connectivity index (χ1v) is 10.5. The standard InChI is InChI=1S/C22H25Cl2N3O2/c1-15-4-2-3-5-17(15)14-27-10-8-18(9-11-27)26-21(28)13-25-22(29)16-6-7-19(23)20(24)12-16/h2-7,12,18H,8-11,13-14H2,1H3,(H,25,29)(H,26,28). The first-order valence-electron chi connectivity index (χ1n) is 9.72. The Bertz CT molecular complexity index is 880. The highest BCUT2D eigenvalue weighted by molar-refractivity contribution is 6.42. The summed E-state index contributed by atoms with van der Waals surface area (Å²) in [7, 11) is 0. The summed E-state index contributed by atoms with van der Waals surface area (Å²) in [4.78, 5) is 26.8. The lowest BCUT2D eigenvalue weighted by Crippen LogP contribution is -2.47. The summed E-state index contributed by atoms with van der Waals surface area (Å²) < 4.78 is 0. The van der Waals surface area contributed by atoms with Crippen LogP contribution in [-0.4, -0.2) is 42.4 Å². The Labute approximate surface area is 181 Å². The van der Waals surface area contributed by atoms with Gasteiger partial charge in [-0.15, -0.1) is 0 Å². The van der Waals surface area contributed by atoms with E-state index >= 15 is 0 Å². The predicted octanol–water partition coefficient (Wildman–Crippen LogP) is 3.81. The van der Waals surface area contributed by atoms with Crippen molar-refractivity contribution in [2.45, 2.75) is 32.4 Å². The first kappa shape index (κ1) is 21.6. The van der Waals surface area contributed by atoms with Gasteiger partial charge in [0.25, 0.3) is 5.91 Å². The topological polar surface area (TPSA) is 61.4 Å². The molecule has 1 aliphatic rings. The molecule has 154 valence electrons. The van der Waals surface area contributed by atoms with E-state index in [9.17, 15) is 9.59 Å². The molecular formula is C22H25Cl2N3O2. The third-order valence-electron chi connectivity index (χ3n) is 5.20. The van der Waals surface area contributed by atoms with Crippen LogP contribution in [0, 0.1) is 6.92 Å². The van der Waals surface area contributed by atoms with Gasteiger partial charge >= 0.3 is 0 Å². The molecule has 1 saturated heterocycles. The highest BCUT2D eigenvalue weighted by Crippen LogP contribution is 2.22. The molecule has 0 bridgehead atoms. The van der Waals surface area contributed by atoms with Gasteiger partial charge in [0.1, 0.15) is 0 Å². The zero-order valence-corrected chi connectivity index (χ0v) is 17.9. The summed E-state index contributed by atoms with van der Waals surface area (Å²) in [5.74, 6) is -0.539. The van der Waals surface area contributed by atoms with Gasteiger partial charge < -0.3 is 10.6 Å². The van der Waals surface area contributed by atoms with Crippen LogP contribution in [0.5, 0.6) is 0 Å². The van der Waals surface area contributed by atoms with E-state index < -0.39 is 0 Å². The Morgan fingerprint density at radius 2 is 1.79 bits per heavy atom. The maximum Gasteiger partial charge on any atom is 0.251 e. The molecule has 1 aliphatic heterocycles. The zero-order chi connectivity index (χ0) is 20.8. The molecule has 0 aromatic heterocycles. The molecule has 1 heterocycles. The minimum atomic E-state index is -0.355. The van der Waals surface area contributed by atoms with Gasteiger partial charge in [-0.1, -0.05) is 47.5 Å². The smallest absolute Gasteiger partial charge is 0.251 e. The maximum absolute atomic E-state index is 12.2. The molecule has 1 fully saturated rings. The number of carbonyl (C=O) groups excluding carboxylic acids is 2. The number of amides is 2. The fourth-order valence-corrected chi connectivity index (χ4v) is 3.74. The largest absolute Gasteiger partial charge is 0.352 e. The lowest BCUT2D eigenvalue weighted by Gasteiger charge is -2.32. The van der Waals surface area contributed by atoms with Crippen molar-refractivity contribution >= 4 is 35.0 Å². The van der Waals surface area contributed by atoms with E-state index in [1.54, 1.807) is 12.1 Å². The fraction of sp³-hybridized carbons (Fsp3) is 0.364. The molecule has 2 aromatic rings. The average Bonchev–Trinajstić information content (AvgIpc) is 2.71. The lowest BCUT2D eigenvalue weighted by atomic mass is 10.0. The molecule has 0 atom stereocenters. The molecule has 2 aromatic carbocycles. The number of aryl methyl sites for hydroxylation is 1. The van der Waals surface area contributed by atoms with Crippen LogP contribution in [0.25, 0.3) is 0 Å². The summed E-state index contributed by atoms with van der Waals surface area (Å²) in [5.41, 5.74) is 3.03. The quantitative estimate of drug-likeness (QED) is 0.727. The van der Waals surface area contributed by atoms with Gasteiger partial charge in [-0.3, -0.25) is 14.5 Å². The van der Waals surface area contributed by atoms with Gasteiger partial charge in [-0.25, -0.2) is 0 Å². The number of nitrogens with one attached hydrogen (secondary N) is 2. The minimum Gasteiger partial charge on any atom is -0.352 e. The summed E-state index contributed by atoms with van der Waals surface area (Å²) in [5, 5.41) is 6.32. The second kappa shape index (κ2) is 10.1. The van der Waals surface area contributed by atoms with Crippen molar-refractivity contribution in [3.05, 3.63) is 69.2 Å². The predicted molar refractivity (Wildman–Crippen MR) is 116 cm³/mol. The number of hydrogen-bond donors (Lipinski definition) is 2. The third kappa shape index (κ3) is 6.20. The number of benzene rings is 2. The summed E-state index contributed by atoms with van der Waals surface area (Å²) >= 11 is 11.8. The van der Waals surface area contributed by atoms with Crippen molar-refractivity contribution in [2.75, 3.05) is 19.6 Å². The van der Waals surface area contributed by atoms with Crippen LogP contribution in [0.3, 0.4) is 0 Å². The van der Waals surface area contributed by atoms with Crippen molar-refractivity contribution < 1.29 is 9.59 Å². The Balaban J connectivity index is 1.40. The number of carbonyl (C=O) groups is 2. The molecule has 0 unspecified atom stereocenters. The van der Waals surface area contributed by atoms with E-state index in [-0.39, 0.29) is 24.4 Å². The molecule has 0 aliphatic carbocycles.